The molecule has 0 aromatic carbocycles. The topological polar surface area (TPSA) is 37.8 Å². The van der Waals surface area contributed by atoms with Crippen molar-refractivity contribution in [1.82, 2.24) is 9.97 Å². The van der Waals surface area contributed by atoms with Crippen molar-refractivity contribution in [2.75, 3.05) is 5.32 Å². The number of aryl methyl sites for hydroxylation is 1. The summed E-state index contributed by atoms with van der Waals surface area (Å²) in [5.41, 5.74) is 0. The van der Waals surface area contributed by atoms with Crippen molar-refractivity contribution in [3.05, 3.63) is 18.1 Å². The van der Waals surface area contributed by atoms with E-state index in [9.17, 15) is 0 Å². The Morgan fingerprint density at radius 3 is 2.81 bits per heavy atom. The van der Waals surface area contributed by atoms with Crippen molar-refractivity contribution in [3.8, 4) is 0 Å². The highest BCUT2D eigenvalue weighted by Gasteiger charge is 2.25. The summed E-state index contributed by atoms with van der Waals surface area (Å²) in [7, 11) is 0. The summed E-state index contributed by atoms with van der Waals surface area (Å²) in [6.45, 7) is 6.61. The van der Waals surface area contributed by atoms with Crippen LogP contribution in [0.4, 0.5) is 5.82 Å². The van der Waals surface area contributed by atoms with Crippen LogP contribution in [0.2, 0.25) is 0 Å². The molecule has 0 amide bonds. The molecule has 1 aliphatic carbocycles. The van der Waals surface area contributed by atoms with Gasteiger partial charge >= 0.3 is 0 Å². The molecule has 2 rings (SSSR count). The Morgan fingerprint density at radius 1 is 1.31 bits per heavy atom. The molecule has 1 heterocycles. The van der Waals surface area contributed by atoms with Gasteiger partial charge in [-0.15, -0.1) is 0 Å². The molecular weight excluding hydrogens is 198 g/mol. The number of hydrogen-bond acceptors (Lipinski definition) is 3. The van der Waals surface area contributed by atoms with Crippen molar-refractivity contribution in [2.45, 2.75) is 46.1 Å². The summed E-state index contributed by atoms with van der Waals surface area (Å²) in [5.74, 6) is 3.42. The van der Waals surface area contributed by atoms with Gasteiger partial charge in [-0.3, -0.25) is 0 Å². The zero-order valence-corrected chi connectivity index (χ0v) is 10.4. The van der Waals surface area contributed by atoms with E-state index in [0.717, 1.165) is 23.5 Å². The average Bonchev–Trinajstić information content (AvgIpc) is 2.22. The van der Waals surface area contributed by atoms with Gasteiger partial charge in [-0.05, 0) is 44.1 Å². The van der Waals surface area contributed by atoms with Gasteiger partial charge < -0.3 is 5.32 Å². The highest BCUT2D eigenvalue weighted by Crippen LogP contribution is 2.30. The second-order valence-electron chi connectivity index (χ2n) is 5.14. The molecule has 0 radical (unpaired) electrons. The average molecular weight is 219 g/mol. The predicted octanol–water partition coefficient (Wildman–Crippen LogP) is 3.02. The molecule has 0 saturated heterocycles. The first-order valence-corrected chi connectivity index (χ1v) is 6.21. The Bertz CT molecular complexity index is 351. The molecule has 1 aromatic heterocycles. The number of rotatable bonds is 2. The first kappa shape index (κ1) is 11.4. The Labute approximate surface area is 97.7 Å². The van der Waals surface area contributed by atoms with Gasteiger partial charge in [0.2, 0.25) is 0 Å². The third-order valence-electron chi connectivity index (χ3n) is 3.54. The molecule has 88 valence electrons. The fourth-order valence-electron chi connectivity index (χ4n) is 2.61. The minimum Gasteiger partial charge on any atom is -0.367 e. The van der Waals surface area contributed by atoms with Crippen LogP contribution in [0.25, 0.3) is 0 Å². The third-order valence-corrected chi connectivity index (χ3v) is 3.54. The van der Waals surface area contributed by atoms with Gasteiger partial charge in [0.15, 0.2) is 0 Å². The first-order valence-electron chi connectivity index (χ1n) is 6.21. The van der Waals surface area contributed by atoms with Crippen LogP contribution in [0.15, 0.2) is 12.3 Å². The molecule has 3 nitrogen and oxygen atoms in total. The van der Waals surface area contributed by atoms with E-state index in [1.54, 1.807) is 0 Å². The van der Waals surface area contributed by atoms with Gasteiger partial charge in [0, 0.05) is 12.2 Å². The van der Waals surface area contributed by atoms with Crippen LogP contribution < -0.4 is 5.32 Å². The zero-order valence-electron chi connectivity index (χ0n) is 10.4. The molecule has 1 aromatic rings. The molecule has 1 saturated carbocycles. The summed E-state index contributed by atoms with van der Waals surface area (Å²) < 4.78 is 0. The molecule has 1 aliphatic rings. The maximum atomic E-state index is 4.40. The third kappa shape index (κ3) is 2.71. The second kappa shape index (κ2) is 4.81. The lowest BCUT2D eigenvalue weighted by Crippen LogP contribution is -2.33. The lowest BCUT2D eigenvalue weighted by molar-refractivity contribution is 0.276. The zero-order chi connectivity index (χ0) is 11.5. The lowest BCUT2D eigenvalue weighted by Gasteiger charge is -2.33. The van der Waals surface area contributed by atoms with Gasteiger partial charge in [0.25, 0.3) is 0 Å². The fourth-order valence-corrected chi connectivity index (χ4v) is 2.61. The van der Waals surface area contributed by atoms with Crippen molar-refractivity contribution in [2.24, 2.45) is 11.8 Å². The van der Waals surface area contributed by atoms with Crippen molar-refractivity contribution in [1.29, 1.82) is 0 Å². The van der Waals surface area contributed by atoms with Crippen LogP contribution in [-0.4, -0.2) is 16.0 Å². The Balaban J connectivity index is 1.99. The molecule has 1 N–H and O–H groups in total. The second-order valence-corrected chi connectivity index (χ2v) is 5.14. The van der Waals surface area contributed by atoms with Crippen LogP contribution in [0.3, 0.4) is 0 Å². The number of nitrogens with zero attached hydrogens (tertiary/aromatic N) is 2. The van der Waals surface area contributed by atoms with Crippen LogP contribution in [0, 0.1) is 18.8 Å². The number of hydrogen-bond donors (Lipinski definition) is 1. The quantitative estimate of drug-likeness (QED) is 0.830. The van der Waals surface area contributed by atoms with Crippen molar-refractivity contribution >= 4 is 5.82 Å². The predicted molar refractivity (Wildman–Crippen MR) is 66.4 cm³/mol. The standard InChI is InChI=1S/C13H21N3/c1-9-4-5-12(10(2)8-9)16-13-6-7-14-11(3)15-13/h6-7,9-10,12H,4-5,8H2,1-3H3,(H,14,15,16). The van der Waals surface area contributed by atoms with E-state index in [4.69, 9.17) is 0 Å². The van der Waals surface area contributed by atoms with Crippen LogP contribution in [0.5, 0.6) is 0 Å². The van der Waals surface area contributed by atoms with E-state index in [-0.39, 0.29) is 0 Å². The van der Waals surface area contributed by atoms with E-state index in [1.165, 1.54) is 19.3 Å². The summed E-state index contributed by atoms with van der Waals surface area (Å²) >= 11 is 0. The number of aromatic nitrogens is 2. The molecule has 3 atom stereocenters. The normalized spacial score (nSPS) is 30.1. The molecule has 0 bridgehead atoms. The summed E-state index contributed by atoms with van der Waals surface area (Å²) in [6, 6.07) is 2.53. The summed E-state index contributed by atoms with van der Waals surface area (Å²) in [4.78, 5) is 8.51. The van der Waals surface area contributed by atoms with Gasteiger partial charge in [-0.1, -0.05) is 13.8 Å². The SMILES string of the molecule is Cc1nccc(NC2CCC(C)CC2C)n1. The minimum atomic E-state index is 0.575. The molecule has 16 heavy (non-hydrogen) atoms. The Kier molecular flexibility index (Phi) is 3.42. The number of anilines is 1. The van der Waals surface area contributed by atoms with E-state index >= 15 is 0 Å². The van der Waals surface area contributed by atoms with Gasteiger partial charge in [0.05, 0.1) is 0 Å². The molecule has 0 aliphatic heterocycles. The van der Waals surface area contributed by atoms with Gasteiger partial charge in [-0.25, -0.2) is 9.97 Å². The van der Waals surface area contributed by atoms with Gasteiger partial charge in [-0.2, -0.15) is 0 Å². The van der Waals surface area contributed by atoms with E-state index in [2.05, 4.69) is 29.1 Å². The highest BCUT2D eigenvalue weighted by atomic mass is 15.0. The largest absolute Gasteiger partial charge is 0.367 e. The molecule has 0 spiro atoms. The first-order chi connectivity index (χ1) is 7.65. The van der Waals surface area contributed by atoms with Crippen LogP contribution >= 0.6 is 0 Å². The summed E-state index contributed by atoms with van der Waals surface area (Å²) in [6.07, 6.45) is 5.72. The number of nitrogens with one attached hydrogen (secondary N) is 1. The Hall–Kier alpha value is -1.12. The van der Waals surface area contributed by atoms with E-state index < -0.39 is 0 Å². The Morgan fingerprint density at radius 2 is 2.12 bits per heavy atom. The van der Waals surface area contributed by atoms with E-state index in [0.29, 0.717) is 6.04 Å². The van der Waals surface area contributed by atoms with Crippen LogP contribution in [0.1, 0.15) is 38.9 Å². The summed E-state index contributed by atoms with van der Waals surface area (Å²) in [5, 5.41) is 3.54. The van der Waals surface area contributed by atoms with Crippen molar-refractivity contribution < 1.29 is 0 Å². The minimum absolute atomic E-state index is 0.575. The lowest BCUT2D eigenvalue weighted by atomic mass is 9.80. The molecular formula is C13H21N3. The fraction of sp³-hybridized carbons (Fsp3) is 0.692. The van der Waals surface area contributed by atoms with Crippen molar-refractivity contribution in [3.63, 3.8) is 0 Å². The van der Waals surface area contributed by atoms with Crippen LogP contribution in [-0.2, 0) is 0 Å². The molecule has 3 heteroatoms. The smallest absolute Gasteiger partial charge is 0.129 e. The monoisotopic (exact) mass is 219 g/mol. The highest BCUT2D eigenvalue weighted by molar-refractivity contribution is 5.34. The molecule has 3 unspecified atom stereocenters. The van der Waals surface area contributed by atoms with Gasteiger partial charge in [0.1, 0.15) is 11.6 Å². The molecule has 1 fully saturated rings. The maximum Gasteiger partial charge on any atom is 0.129 e. The maximum absolute atomic E-state index is 4.40. The van der Waals surface area contributed by atoms with E-state index in [1.807, 2.05) is 19.2 Å².